The number of piperidine rings is 1. The van der Waals surface area contributed by atoms with Crippen LogP contribution in [0, 0.1) is 11.8 Å². The maximum absolute atomic E-state index is 11.9. The fraction of sp³-hybridized carbons (Fsp3) is 0.929. The zero-order chi connectivity index (χ0) is 11.9. The smallest absolute Gasteiger partial charge is 0.223 e. The minimum atomic E-state index is 0.316. The highest BCUT2D eigenvalue weighted by molar-refractivity contribution is 5.78. The van der Waals surface area contributed by atoms with Gasteiger partial charge in [-0.15, -0.1) is 0 Å². The van der Waals surface area contributed by atoms with E-state index >= 15 is 0 Å². The van der Waals surface area contributed by atoms with E-state index in [2.05, 4.69) is 10.6 Å². The third-order valence-corrected chi connectivity index (χ3v) is 4.29. The SMILES string of the molecule is O=C(NCCC1CCNCC1)C1CCCCC1. The summed E-state index contributed by atoms with van der Waals surface area (Å²) in [5, 5.41) is 6.52. The van der Waals surface area contributed by atoms with Crippen LogP contribution in [0.3, 0.4) is 0 Å². The first-order valence-corrected chi connectivity index (χ1v) is 7.34. The van der Waals surface area contributed by atoms with E-state index < -0.39 is 0 Å². The number of nitrogens with one attached hydrogen (secondary N) is 2. The summed E-state index contributed by atoms with van der Waals surface area (Å²) in [6.07, 6.45) is 9.74. The molecule has 0 bridgehead atoms. The number of hydrogen-bond acceptors (Lipinski definition) is 2. The lowest BCUT2D eigenvalue weighted by Gasteiger charge is -2.24. The average molecular weight is 238 g/mol. The van der Waals surface area contributed by atoms with Gasteiger partial charge in [0.05, 0.1) is 0 Å². The Morgan fingerprint density at radius 1 is 1.06 bits per heavy atom. The van der Waals surface area contributed by atoms with Crippen molar-refractivity contribution in [2.24, 2.45) is 11.8 Å². The van der Waals surface area contributed by atoms with Crippen molar-refractivity contribution in [1.29, 1.82) is 0 Å². The van der Waals surface area contributed by atoms with Crippen molar-refractivity contribution in [3.63, 3.8) is 0 Å². The summed E-state index contributed by atoms with van der Waals surface area (Å²) in [5.74, 6) is 1.46. The minimum Gasteiger partial charge on any atom is -0.356 e. The van der Waals surface area contributed by atoms with E-state index in [1.807, 2.05) is 0 Å². The number of hydrogen-bond donors (Lipinski definition) is 2. The molecule has 2 fully saturated rings. The van der Waals surface area contributed by atoms with Crippen LogP contribution in [-0.4, -0.2) is 25.5 Å². The summed E-state index contributed by atoms with van der Waals surface area (Å²) in [7, 11) is 0. The Kier molecular flexibility index (Phi) is 5.30. The summed E-state index contributed by atoms with van der Waals surface area (Å²) >= 11 is 0. The Bertz CT molecular complexity index is 230. The van der Waals surface area contributed by atoms with Gasteiger partial charge in [0.2, 0.25) is 5.91 Å². The molecule has 1 heterocycles. The topological polar surface area (TPSA) is 41.1 Å². The van der Waals surface area contributed by atoms with Crippen LogP contribution in [0.5, 0.6) is 0 Å². The van der Waals surface area contributed by atoms with Crippen LogP contribution in [0.2, 0.25) is 0 Å². The van der Waals surface area contributed by atoms with E-state index in [4.69, 9.17) is 0 Å². The van der Waals surface area contributed by atoms with Crippen molar-refractivity contribution in [2.75, 3.05) is 19.6 Å². The molecule has 0 radical (unpaired) electrons. The predicted octanol–water partition coefficient (Wildman–Crippen LogP) is 2.07. The van der Waals surface area contributed by atoms with Gasteiger partial charge in [0.25, 0.3) is 0 Å². The molecule has 2 aliphatic rings. The molecule has 98 valence electrons. The summed E-state index contributed by atoms with van der Waals surface area (Å²) in [6, 6.07) is 0. The van der Waals surface area contributed by atoms with E-state index in [-0.39, 0.29) is 0 Å². The van der Waals surface area contributed by atoms with Crippen molar-refractivity contribution in [3.05, 3.63) is 0 Å². The van der Waals surface area contributed by atoms with Gasteiger partial charge in [-0.05, 0) is 51.1 Å². The van der Waals surface area contributed by atoms with Gasteiger partial charge in [0.15, 0.2) is 0 Å². The van der Waals surface area contributed by atoms with Gasteiger partial charge in [0, 0.05) is 12.5 Å². The first-order valence-electron chi connectivity index (χ1n) is 7.34. The fourth-order valence-corrected chi connectivity index (χ4v) is 3.08. The standard InChI is InChI=1S/C14H26N2O/c17-14(13-4-2-1-3-5-13)16-11-8-12-6-9-15-10-7-12/h12-13,15H,1-11H2,(H,16,17). The molecular formula is C14H26N2O. The van der Waals surface area contributed by atoms with E-state index in [9.17, 15) is 4.79 Å². The van der Waals surface area contributed by atoms with Crippen molar-refractivity contribution < 1.29 is 4.79 Å². The van der Waals surface area contributed by atoms with Crippen LogP contribution in [0.15, 0.2) is 0 Å². The molecule has 3 heteroatoms. The van der Waals surface area contributed by atoms with E-state index in [0.717, 1.165) is 38.4 Å². The molecule has 2 N–H and O–H groups in total. The van der Waals surface area contributed by atoms with Gasteiger partial charge >= 0.3 is 0 Å². The highest BCUT2D eigenvalue weighted by atomic mass is 16.1. The molecule has 0 unspecified atom stereocenters. The highest BCUT2D eigenvalue weighted by Gasteiger charge is 2.21. The zero-order valence-electron chi connectivity index (χ0n) is 10.8. The van der Waals surface area contributed by atoms with Gasteiger partial charge in [-0.1, -0.05) is 19.3 Å². The van der Waals surface area contributed by atoms with Crippen LogP contribution in [0.4, 0.5) is 0 Å². The number of carbonyl (C=O) groups is 1. The van der Waals surface area contributed by atoms with Crippen molar-refractivity contribution >= 4 is 5.91 Å². The lowest BCUT2D eigenvalue weighted by Crippen LogP contribution is -2.35. The Morgan fingerprint density at radius 3 is 2.47 bits per heavy atom. The molecule has 17 heavy (non-hydrogen) atoms. The van der Waals surface area contributed by atoms with Gasteiger partial charge in [-0.3, -0.25) is 4.79 Å². The number of rotatable bonds is 4. The van der Waals surface area contributed by atoms with E-state index in [1.165, 1.54) is 38.5 Å². The lowest BCUT2D eigenvalue weighted by molar-refractivity contribution is -0.125. The summed E-state index contributed by atoms with van der Waals surface area (Å²) in [5.41, 5.74) is 0. The first kappa shape index (κ1) is 12.9. The van der Waals surface area contributed by atoms with Gasteiger partial charge in [-0.25, -0.2) is 0 Å². The molecule has 0 atom stereocenters. The normalized spacial score (nSPS) is 23.5. The predicted molar refractivity (Wildman–Crippen MR) is 69.8 cm³/mol. The van der Waals surface area contributed by atoms with Gasteiger partial charge in [0.1, 0.15) is 0 Å². The molecule has 1 aliphatic carbocycles. The molecule has 2 rings (SSSR count). The molecule has 1 saturated heterocycles. The third-order valence-electron chi connectivity index (χ3n) is 4.29. The van der Waals surface area contributed by atoms with Crippen LogP contribution in [0.1, 0.15) is 51.4 Å². The van der Waals surface area contributed by atoms with Crippen molar-refractivity contribution in [1.82, 2.24) is 10.6 Å². The second-order valence-corrected chi connectivity index (χ2v) is 5.61. The second-order valence-electron chi connectivity index (χ2n) is 5.61. The maximum Gasteiger partial charge on any atom is 0.223 e. The molecule has 0 aromatic carbocycles. The highest BCUT2D eigenvalue weighted by Crippen LogP contribution is 2.23. The molecule has 3 nitrogen and oxygen atoms in total. The fourth-order valence-electron chi connectivity index (χ4n) is 3.08. The Balaban J connectivity index is 1.58. The zero-order valence-corrected chi connectivity index (χ0v) is 10.8. The third kappa shape index (κ3) is 4.30. The van der Waals surface area contributed by atoms with Gasteiger partial charge in [-0.2, -0.15) is 0 Å². The first-order chi connectivity index (χ1) is 8.36. The van der Waals surface area contributed by atoms with E-state index in [0.29, 0.717) is 11.8 Å². The molecule has 1 aliphatic heterocycles. The monoisotopic (exact) mass is 238 g/mol. The van der Waals surface area contributed by atoms with Crippen LogP contribution < -0.4 is 10.6 Å². The van der Waals surface area contributed by atoms with Crippen LogP contribution in [-0.2, 0) is 4.79 Å². The molecule has 0 spiro atoms. The summed E-state index contributed by atoms with van der Waals surface area (Å²) in [6.45, 7) is 3.20. The Hall–Kier alpha value is -0.570. The molecule has 0 aromatic heterocycles. The summed E-state index contributed by atoms with van der Waals surface area (Å²) in [4.78, 5) is 11.9. The lowest BCUT2D eigenvalue weighted by atomic mass is 9.88. The van der Waals surface area contributed by atoms with Crippen LogP contribution in [0.25, 0.3) is 0 Å². The maximum atomic E-state index is 11.9. The minimum absolute atomic E-state index is 0.316. The summed E-state index contributed by atoms with van der Waals surface area (Å²) < 4.78 is 0. The molecule has 1 saturated carbocycles. The quantitative estimate of drug-likeness (QED) is 0.787. The van der Waals surface area contributed by atoms with Gasteiger partial charge < -0.3 is 10.6 Å². The van der Waals surface area contributed by atoms with Crippen molar-refractivity contribution in [3.8, 4) is 0 Å². The van der Waals surface area contributed by atoms with E-state index in [1.54, 1.807) is 0 Å². The van der Waals surface area contributed by atoms with Crippen LogP contribution >= 0.6 is 0 Å². The molecule has 0 aromatic rings. The number of carbonyl (C=O) groups excluding carboxylic acids is 1. The Labute approximate surface area is 105 Å². The number of amides is 1. The van der Waals surface area contributed by atoms with Crippen molar-refractivity contribution in [2.45, 2.75) is 51.4 Å². The molecular weight excluding hydrogens is 212 g/mol. The molecule has 1 amide bonds. The second kappa shape index (κ2) is 7.00. The Morgan fingerprint density at radius 2 is 1.76 bits per heavy atom. The largest absolute Gasteiger partial charge is 0.356 e. The average Bonchev–Trinajstić information content (AvgIpc) is 2.41.